The van der Waals surface area contributed by atoms with Gasteiger partial charge < -0.3 is 10.6 Å². The molecule has 1 aliphatic heterocycles. The van der Waals surface area contributed by atoms with Crippen LogP contribution in [-0.4, -0.2) is 19.0 Å². The van der Waals surface area contributed by atoms with E-state index in [0.717, 1.165) is 11.1 Å². The van der Waals surface area contributed by atoms with Gasteiger partial charge in [0, 0.05) is 19.5 Å². The van der Waals surface area contributed by atoms with Crippen LogP contribution < -0.4 is 10.6 Å². The molecule has 90 valence electrons. The molecule has 0 fully saturated rings. The molecule has 0 spiro atoms. The Morgan fingerprint density at radius 3 is 2.94 bits per heavy atom. The van der Waals surface area contributed by atoms with Crippen molar-refractivity contribution >= 4 is 11.6 Å². The number of nitrogens with two attached hydrogens (primary N) is 1. The molecular weight excluding hydrogens is 219 g/mol. The van der Waals surface area contributed by atoms with Gasteiger partial charge in [-0.05, 0) is 29.7 Å². The third-order valence-corrected chi connectivity index (χ3v) is 2.92. The summed E-state index contributed by atoms with van der Waals surface area (Å²) < 4.78 is 13.2. The molecule has 1 amide bonds. The normalized spacial score (nSPS) is 14.7. The van der Waals surface area contributed by atoms with E-state index in [0.29, 0.717) is 31.6 Å². The molecule has 4 heteroatoms. The van der Waals surface area contributed by atoms with E-state index in [9.17, 15) is 9.18 Å². The fourth-order valence-electron chi connectivity index (χ4n) is 1.97. The molecule has 0 unspecified atom stereocenters. The third-order valence-electron chi connectivity index (χ3n) is 2.92. The average molecular weight is 234 g/mol. The van der Waals surface area contributed by atoms with Crippen LogP contribution in [0.3, 0.4) is 0 Å². The molecule has 2 rings (SSSR count). The van der Waals surface area contributed by atoms with Gasteiger partial charge in [0.25, 0.3) is 0 Å². The lowest BCUT2D eigenvalue weighted by molar-refractivity contribution is -0.118. The Morgan fingerprint density at radius 2 is 2.24 bits per heavy atom. The van der Waals surface area contributed by atoms with E-state index in [2.05, 4.69) is 6.58 Å². The van der Waals surface area contributed by atoms with Crippen molar-refractivity contribution in [3.8, 4) is 0 Å². The van der Waals surface area contributed by atoms with Gasteiger partial charge in [-0.25, -0.2) is 4.39 Å². The van der Waals surface area contributed by atoms with E-state index < -0.39 is 0 Å². The van der Waals surface area contributed by atoms with Gasteiger partial charge in [0.2, 0.25) is 5.91 Å². The van der Waals surface area contributed by atoms with Crippen molar-refractivity contribution in [2.75, 3.05) is 18.0 Å². The number of carbonyl (C=O) groups is 1. The third kappa shape index (κ3) is 2.36. The lowest BCUT2D eigenvalue weighted by Crippen LogP contribution is -2.37. The smallest absolute Gasteiger partial charge is 0.227 e. The molecule has 0 saturated carbocycles. The molecule has 0 aromatic heterocycles. The van der Waals surface area contributed by atoms with Crippen LogP contribution in [0.15, 0.2) is 30.4 Å². The fraction of sp³-hybridized carbons (Fsp3) is 0.308. The number of aryl methyl sites for hydroxylation is 1. The maximum absolute atomic E-state index is 13.2. The van der Waals surface area contributed by atoms with Gasteiger partial charge in [0.05, 0.1) is 5.69 Å². The first-order valence-electron chi connectivity index (χ1n) is 5.57. The second-order valence-corrected chi connectivity index (χ2v) is 4.21. The van der Waals surface area contributed by atoms with Gasteiger partial charge in [-0.2, -0.15) is 0 Å². The van der Waals surface area contributed by atoms with Crippen LogP contribution in [0, 0.1) is 5.82 Å². The summed E-state index contributed by atoms with van der Waals surface area (Å²) in [5.74, 6) is -0.334. The standard InChI is InChI=1S/C13H15FN2O/c1-9(7-15)8-16-12-6-11(14)4-2-10(12)3-5-13(16)17/h2,4,6H,1,3,5,7-8,15H2. The number of fused-ring (bicyclic) bond motifs is 1. The number of carbonyl (C=O) groups excluding carboxylic acids is 1. The molecule has 1 heterocycles. The second kappa shape index (κ2) is 4.67. The number of anilines is 1. The minimum atomic E-state index is -0.332. The number of hydrogen-bond acceptors (Lipinski definition) is 2. The zero-order chi connectivity index (χ0) is 12.4. The second-order valence-electron chi connectivity index (χ2n) is 4.21. The van der Waals surface area contributed by atoms with Gasteiger partial charge in [-0.1, -0.05) is 12.6 Å². The Hall–Kier alpha value is -1.68. The first-order valence-corrected chi connectivity index (χ1v) is 5.57. The van der Waals surface area contributed by atoms with Crippen LogP contribution in [0.2, 0.25) is 0 Å². The Bertz CT molecular complexity index is 470. The van der Waals surface area contributed by atoms with E-state index in [4.69, 9.17) is 5.73 Å². The molecule has 0 aliphatic carbocycles. The average Bonchev–Trinajstić information content (AvgIpc) is 2.32. The highest BCUT2D eigenvalue weighted by Crippen LogP contribution is 2.28. The van der Waals surface area contributed by atoms with E-state index in [-0.39, 0.29) is 11.7 Å². The van der Waals surface area contributed by atoms with Crippen molar-refractivity contribution in [3.05, 3.63) is 41.7 Å². The van der Waals surface area contributed by atoms with Gasteiger partial charge in [-0.3, -0.25) is 4.79 Å². The number of nitrogens with zero attached hydrogens (tertiary/aromatic N) is 1. The van der Waals surface area contributed by atoms with Crippen molar-refractivity contribution in [1.29, 1.82) is 0 Å². The Morgan fingerprint density at radius 1 is 1.47 bits per heavy atom. The van der Waals surface area contributed by atoms with Crippen LogP contribution in [-0.2, 0) is 11.2 Å². The topological polar surface area (TPSA) is 46.3 Å². The molecule has 17 heavy (non-hydrogen) atoms. The van der Waals surface area contributed by atoms with Crippen molar-refractivity contribution < 1.29 is 9.18 Å². The molecule has 1 aromatic carbocycles. The summed E-state index contributed by atoms with van der Waals surface area (Å²) in [6, 6.07) is 4.55. The quantitative estimate of drug-likeness (QED) is 0.808. The van der Waals surface area contributed by atoms with Crippen LogP contribution in [0.4, 0.5) is 10.1 Å². The molecule has 0 bridgehead atoms. The molecular formula is C13H15FN2O. The van der Waals surface area contributed by atoms with Gasteiger partial charge in [0.1, 0.15) is 5.82 Å². The van der Waals surface area contributed by atoms with Crippen LogP contribution in [0.5, 0.6) is 0 Å². The SMILES string of the molecule is C=C(CN)CN1C(=O)CCc2ccc(F)cc21. The zero-order valence-corrected chi connectivity index (χ0v) is 9.58. The predicted octanol–water partition coefficient (Wildman–Crippen LogP) is 1.62. The highest BCUT2D eigenvalue weighted by molar-refractivity contribution is 5.96. The minimum Gasteiger partial charge on any atom is -0.327 e. The Labute approximate surface area is 99.7 Å². The Balaban J connectivity index is 2.35. The molecule has 1 aliphatic rings. The summed E-state index contributed by atoms with van der Waals surface area (Å²) in [5, 5.41) is 0. The zero-order valence-electron chi connectivity index (χ0n) is 9.58. The number of benzene rings is 1. The molecule has 2 N–H and O–H groups in total. The first kappa shape index (κ1) is 11.8. The van der Waals surface area contributed by atoms with E-state index >= 15 is 0 Å². The Kier molecular flexibility index (Phi) is 3.24. The van der Waals surface area contributed by atoms with Crippen molar-refractivity contribution in [2.24, 2.45) is 5.73 Å². The molecule has 1 aromatic rings. The summed E-state index contributed by atoms with van der Waals surface area (Å²) in [6.45, 7) is 4.48. The molecule has 0 atom stereocenters. The summed E-state index contributed by atoms with van der Waals surface area (Å²) in [5.41, 5.74) is 7.88. The molecule has 3 nitrogen and oxygen atoms in total. The van der Waals surface area contributed by atoms with Gasteiger partial charge in [-0.15, -0.1) is 0 Å². The summed E-state index contributed by atoms with van der Waals surface area (Å²) in [4.78, 5) is 13.4. The number of rotatable bonds is 3. The van der Waals surface area contributed by atoms with Gasteiger partial charge >= 0.3 is 0 Å². The number of hydrogen-bond donors (Lipinski definition) is 1. The highest BCUT2D eigenvalue weighted by Gasteiger charge is 2.24. The summed E-state index contributed by atoms with van der Waals surface area (Å²) >= 11 is 0. The van der Waals surface area contributed by atoms with Crippen LogP contribution in [0.1, 0.15) is 12.0 Å². The largest absolute Gasteiger partial charge is 0.327 e. The van der Waals surface area contributed by atoms with Crippen molar-refractivity contribution in [1.82, 2.24) is 0 Å². The van der Waals surface area contributed by atoms with Crippen LogP contribution >= 0.6 is 0 Å². The number of halogens is 1. The molecule has 0 saturated heterocycles. The lowest BCUT2D eigenvalue weighted by atomic mass is 10.0. The summed E-state index contributed by atoms with van der Waals surface area (Å²) in [6.07, 6.45) is 1.12. The summed E-state index contributed by atoms with van der Waals surface area (Å²) in [7, 11) is 0. The van der Waals surface area contributed by atoms with E-state index in [1.54, 1.807) is 11.0 Å². The van der Waals surface area contributed by atoms with Gasteiger partial charge in [0.15, 0.2) is 0 Å². The van der Waals surface area contributed by atoms with E-state index in [1.807, 2.05) is 0 Å². The van der Waals surface area contributed by atoms with E-state index in [1.165, 1.54) is 12.1 Å². The van der Waals surface area contributed by atoms with Crippen molar-refractivity contribution in [2.45, 2.75) is 12.8 Å². The lowest BCUT2D eigenvalue weighted by Gasteiger charge is -2.29. The first-order chi connectivity index (χ1) is 8.11. The highest BCUT2D eigenvalue weighted by atomic mass is 19.1. The predicted molar refractivity (Wildman–Crippen MR) is 65.3 cm³/mol. The number of amides is 1. The minimum absolute atomic E-state index is 0.00213. The maximum atomic E-state index is 13.2. The maximum Gasteiger partial charge on any atom is 0.227 e. The monoisotopic (exact) mass is 234 g/mol. The fourth-order valence-corrected chi connectivity index (χ4v) is 1.97. The molecule has 0 radical (unpaired) electrons. The van der Waals surface area contributed by atoms with Crippen LogP contribution in [0.25, 0.3) is 0 Å². The van der Waals surface area contributed by atoms with Crippen molar-refractivity contribution in [3.63, 3.8) is 0 Å².